The molecule has 0 rings (SSSR count). The zero-order valence-corrected chi connectivity index (χ0v) is 24.7. The molecule has 0 saturated carbocycles. The molecule has 3 N–H and O–H groups in total. The van der Waals surface area contributed by atoms with E-state index in [0.29, 0.717) is 6.42 Å². The summed E-state index contributed by atoms with van der Waals surface area (Å²) in [5, 5.41) is 3.05. The summed E-state index contributed by atoms with van der Waals surface area (Å²) in [5.41, 5.74) is 5.65. The summed E-state index contributed by atoms with van der Waals surface area (Å²) < 4.78 is 0. The van der Waals surface area contributed by atoms with Crippen LogP contribution in [0.15, 0.2) is 0 Å². The van der Waals surface area contributed by atoms with Gasteiger partial charge in [0.05, 0.1) is 5.92 Å². The minimum atomic E-state index is -0.280. The van der Waals surface area contributed by atoms with Crippen molar-refractivity contribution in [3.8, 4) is 0 Å². The number of rotatable bonds is 28. The zero-order chi connectivity index (χ0) is 26.7. The van der Waals surface area contributed by atoms with Crippen molar-refractivity contribution >= 4 is 11.8 Å². The topological polar surface area (TPSA) is 72.2 Å². The summed E-state index contributed by atoms with van der Waals surface area (Å²) in [5.74, 6) is -0.466. The van der Waals surface area contributed by atoms with Gasteiger partial charge in [-0.15, -0.1) is 0 Å². The van der Waals surface area contributed by atoms with E-state index in [4.69, 9.17) is 5.73 Å². The van der Waals surface area contributed by atoms with Crippen molar-refractivity contribution < 1.29 is 9.59 Å². The summed E-state index contributed by atoms with van der Waals surface area (Å²) in [6, 6.07) is -0.170. The van der Waals surface area contributed by atoms with E-state index < -0.39 is 0 Å². The number of unbranched alkanes of at least 4 members (excludes halogenated alkanes) is 21. The summed E-state index contributed by atoms with van der Waals surface area (Å²) in [4.78, 5) is 24.3. The average molecular weight is 509 g/mol. The number of nitrogens with two attached hydrogens (primary N) is 1. The highest BCUT2D eigenvalue weighted by Gasteiger charge is 2.23. The van der Waals surface area contributed by atoms with Crippen LogP contribution < -0.4 is 11.1 Å². The number of amides is 2. The predicted octanol–water partition coefficient (Wildman–Crippen LogP) is 9.38. The normalized spacial score (nSPS) is 13.0. The van der Waals surface area contributed by atoms with E-state index >= 15 is 0 Å². The minimum absolute atomic E-state index is 0.0689. The monoisotopic (exact) mass is 508 g/mol. The van der Waals surface area contributed by atoms with Crippen LogP contribution in [0.2, 0.25) is 0 Å². The molecule has 0 aliphatic carbocycles. The van der Waals surface area contributed by atoms with Gasteiger partial charge in [0.15, 0.2) is 0 Å². The first-order chi connectivity index (χ1) is 17.5. The van der Waals surface area contributed by atoms with Gasteiger partial charge in [-0.1, -0.05) is 155 Å². The molecule has 4 heteroatoms. The van der Waals surface area contributed by atoms with Crippen molar-refractivity contribution in [2.24, 2.45) is 11.7 Å². The summed E-state index contributed by atoms with van der Waals surface area (Å²) in [7, 11) is 0. The van der Waals surface area contributed by atoms with Crippen molar-refractivity contribution in [1.29, 1.82) is 0 Å². The third-order valence-corrected chi connectivity index (χ3v) is 7.73. The standard InChI is InChI=1S/C32H64N2O2/c1-4-6-8-10-12-14-15-16-17-18-19-20-22-24-26-28-31(35)34-29(3)30(32(33)36)27-25-23-21-13-11-9-7-5-2/h29-30H,4-28H2,1-3H3,(H2,33,36)(H,34,35). The fourth-order valence-corrected chi connectivity index (χ4v) is 5.22. The van der Waals surface area contributed by atoms with E-state index in [-0.39, 0.29) is 23.8 Å². The van der Waals surface area contributed by atoms with Gasteiger partial charge in [0.25, 0.3) is 0 Å². The highest BCUT2D eigenvalue weighted by Crippen LogP contribution is 2.17. The van der Waals surface area contributed by atoms with Gasteiger partial charge in [0.2, 0.25) is 11.8 Å². The number of hydrogen-bond acceptors (Lipinski definition) is 2. The molecule has 0 saturated heterocycles. The molecule has 0 fully saturated rings. The van der Waals surface area contributed by atoms with Gasteiger partial charge in [-0.3, -0.25) is 9.59 Å². The van der Waals surface area contributed by atoms with Gasteiger partial charge in [0, 0.05) is 12.5 Å². The minimum Gasteiger partial charge on any atom is -0.369 e. The van der Waals surface area contributed by atoms with Crippen molar-refractivity contribution in [3.05, 3.63) is 0 Å². The smallest absolute Gasteiger partial charge is 0.222 e. The Kier molecular flexibility index (Phi) is 26.2. The van der Waals surface area contributed by atoms with Crippen LogP contribution in [0.5, 0.6) is 0 Å². The quantitative estimate of drug-likeness (QED) is 0.103. The first-order valence-corrected chi connectivity index (χ1v) is 16.1. The van der Waals surface area contributed by atoms with Crippen molar-refractivity contribution in [2.45, 2.75) is 187 Å². The summed E-state index contributed by atoms with van der Waals surface area (Å²) in [6.45, 7) is 6.45. The third-order valence-electron chi connectivity index (χ3n) is 7.73. The second kappa shape index (κ2) is 27.0. The van der Waals surface area contributed by atoms with Crippen LogP contribution in [0.3, 0.4) is 0 Å². The van der Waals surface area contributed by atoms with Gasteiger partial charge < -0.3 is 11.1 Å². The molecule has 0 aliphatic heterocycles. The first-order valence-electron chi connectivity index (χ1n) is 16.1. The van der Waals surface area contributed by atoms with Gasteiger partial charge >= 0.3 is 0 Å². The second-order valence-electron chi connectivity index (χ2n) is 11.3. The highest BCUT2D eigenvalue weighted by atomic mass is 16.2. The van der Waals surface area contributed by atoms with E-state index in [9.17, 15) is 9.59 Å². The van der Waals surface area contributed by atoms with Crippen LogP contribution in [0.1, 0.15) is 181 Å². The molecule has 2 unspecified atom stereocenters. The third kappa shape index (κ3) is 23.3. The molecule has 0 radical (unpaired) electrons. The Bertz CT molecular complexity index is 495. The number of hydrogen-bond donors (Lipinski definition) is 2. The molecule has 2 atom stereocenters. The van der Waals surface area contributed by atoms with Gasteiger partial charge in [0.1, 0.15) is 0 Å². The van der Waals surface area contributed by atoms with E-state index in [0.717, 1.165) is 32.1 Å². The number of carbonyl (C=O) groups is 2. The molecular weight excluding hydrogens is 444 g/mol. The Labute approximate surface area is 225 Å². The lowest BCUT2D eigenvalue weighted by Gasteiger charge is -2.22. The SMILES string of the molecule is CCCCCCCCCCCCCCCCCC(=O)NC(C)C(CCCCCCCCCC)C(N)=O. The highest BCUT2D eigenvalue weighted by molar-refractivity contribution is 5.80. The Balaban J connectivity index is 3.66. The molecule has 0 aromatic heterocycles. The van der Waals surface area contributed by atoms with Crippen molar-refractivity contribution in [2.75, 3.05) is 0 Å². The predicted molar refractivity (Wildman–Crippen MR) is 157 cm³/mol. The summed E-state index contributed by atoms with van der Waals surface area (Å²) >= 11 is 0. The average Bonchev–Trinajstić information content (AvgIpc) is 2.85. The van der Waals surface area contributed by atoms with Gasteiger partial charge in [-0.2, -0.15) is 0 Å². The lowest BCUT2D eigenvalue weighted by Crippen LogP contribution is -2.43. The maximum absolute atomic E-state index is 12.4. The molecule has 0 aromatic carbocycles. The summed E-state index contributed by atoms with van der Waals surface area (Å²) in [6.07, 6.45) is 31.2. The first kappa shape index (κ1) is 34.9. The molecule has 0 spiro atoms. The number of carbonyl (C=O) groups excluding carboxylic acids is 2. The number of primary amides is 1. The Morgan fingerprint density at radius 3 is 1.25 bits per heavy atom. The lowest BCUT2D eigenvalue weighted by atomic mass is 9.93. The van der Waals surface area contributed by atoms with Crippen LogP contribution in [-0.2, 0) is 9.59 Å². The lowest BCUT2D eigenvalue weighted by molar-refractivity contribution is -0.125. The molecule has 0 heterocycles. The fourth-order valence-electron chi connectivity index (χ4n) is 5.22. The van der Waals surface area contributed by atoms with Crippen LogP contribution in [-0.4, -0.2) is 17.9 Å². The fraction of sp³-hybridized carbons (Fsp3) is 0.938. The molecule has 0 bridgehead atoms. The van der Waals surface area contributed by atoms with Crippen molar-refractivity contribution in [3.63, 3.8) is 0 Å². The van der Waals surface area contributed by atoms with E-state index in [1.165, 1.54) is 122 Å². The molecule has 0 aromatic rings. The van der Waals surface area contributed by atoms with Gasteiger partial charge in [-0.25, -0.2) is 0 Å². The van der Waals surface area contributed by atoms with Crippen LogP contribution in [0.4, 0.5) is 0 Å². The molecule has 214 valence electrons. The maximum atomic E-state index is 12.4. The Hall–Kier alpha value is -1.06. The zero-order valence-electron chi connectivity index (χ0n) is 24.7. The van der Waals surface area contributed by atoms with Crippen molar-refractivity contribution in [1.82, 2.24) is 5.32 Å². The second-order valence-corrected chi connectivity index (χ2v) is 11.3. The van der Waals surface area contributed by atoms with E-state index in [1.807, 2.05) is 6.92 Å². The van der Waals surface area contributed by atoms with Gasteiger partial charge in [-0.05, 0) is 19.8 Å². The Morgan fingerprint density at radius 1 is 0.556 bits per heavy atom. The van der Waals surface area contributed by atoms with Crippen LogP contribution in [0, 0.1) is 5.92 Å². The molecule has 36 heavy (non-hydrogen) atoms. The van der Waals surface area contributed by atoms with Crippen LogP contribution >= 0.6 is 0 Å². The molecule has 4 nitrogen and oxygen atoms in total. The Morgan fingerprint density at radius 2 is 0.889 bits per heavy atom. The maximum Gasteiger partial charge on any atom is 0.222 e. The molecular formula is C32H64N2O2. The molecule has 2 amide bonds. The van der Waals surface area contributed by atoms with E-state index in [1.54, 1.807) is 0 Å². The van der Waals surface area contributed by atoms with Crippen LogP contribution in [0.25, 0.3) is 0 Å². The number of nitrogens with one attached hydrogen (secondary N) is 1. The van der Waals surface area contributed by atoms with E-state index in [2.05, 4.69) is 19.2 Å². The molecule has 0 aliphatic rings. The largest absolute Gasteiger partial charge is 0.369 e.